The van der Waals surface area contributed by atoms with Crippen molar-refractivity contribution in [3.05, 3.63) is 29.8 Å². The molecule has 1 aromatic carbocycles. The third kappa shape index (κ3) is 5.92. The molecule has 3 nitrogen and oxygen atoms in total. The van der Waals surface area contributed by atoms with Crippen molar-refractivity contribution < 1.29 is 73.9 Å². The van der Waals surface area contributed by atoms with Gasteiger partial charge in [0.2, 0.25) is 0 Å². The van der Waals surface area contributed by atoms with Gasteiger partial charge in [-0.05, 0) is 18.6 Å². The van der Waals surface area contributed by atoms with E-state index >= 15 is 0 Å². The summed E-state index contributed by atoms with van der Waals surface area (Å²) in [4.78, 5) is 11.4. The smallest absolute Gasteiger partial charge is 0.496 e. The molecule has 1 N–H and O–H groups in total. The van der Waals surface area contributed by atoms with Crippen molar-refractivity contribution >= 4 is 12.9 Å². The Kier molecular flexibility index (Phi) is 7.42. The quantitative estimate of drug-likeness (QED) is 0.700. The van der Waals surface area contributed by atoms with E-state index in [9.17, 15) is 17.7 Å². The van der Waals surface area contributed by atoms with Crippen LogP contribution in [0.4, 0.5) is 12.9 Å². The van der Waals surface area contributed by atoms with Crippen LogP contribution in [-0.2, 0) is 0 Å². The number of methoxy groups -OCH3 is 1. The number of halogens is 3. The van der Waals surface area contributed by atoms with Crippen LogP contribution in [0.25, 0.3) is 0 Å². The second-order valence-electron chi connectivity index (χ2n) is 3.12. The number of hydrogen-bond acceptors (Lipinski definition) is 2. The van der Waals surface area contributed by atoms with Crippen molar-refractivity contribution in [3.63, 3.8) is 0 Å². The molecule has 0 heterocycles. The SMILES string of the molecule is COc1ccccc1C(=O)NC[B-](F)(F)F.[K+]. The van der Waals surface area contributed by atoms with E-state index in [1.54, 1.807) is 17.4 Å². The van der Waals surface area contributed by atoms with Crippen molar-refractivity contribution in [2.45, 2.75) is 0 Å². The molecule has 0 fully saturated rings. The maximum absolute atomic E-state index is 11.9. The summed E-state index contributed by atoms with van der Waals surface area (Å²) in [7, 11) is 1.35. The molecule has 0 atom stereocenters. The van der Waals surface area contributed by atoms with Crippen LogP contribution in [0.1, 0.15) is 10.4 Å². The van der Waals surface area contributed by atoms with Gasteiger partial charge in [0.05, 0.1) is 12.7 Å². The number of carbonyl (C=O) groups excluding carboxylic acids is 1. The summed E-state index contributed by atoms with van der Waals surface area (Å²) in [6.45, 7) is -5.02. The first kappa shape index (κ1) is 17.0. The zero-order valence-corrected chi connectivity index (χ0v) is 12.7. The topological polar surface area (TPSA) is 38.3 Å². The number of nitrogens with one attached hydrogen (secondary N) is 1. The molecule has 0 aliphatic carbocycles. The van der Waals surface area contributed by atoms with Crippen LogP contribution >= 0.6 is 0 Å². The number of carbonyl (C=O) groups is 1. The summed E-state index contributed by atoms with van der Waals surface area (Å²) in [5.74, 6) is -0.550. The predicted octanol–water partition coefficient (Wildman–Crippen LogP) is -1.18. The van der Waals surface area contributed by atoms with E-state index < -0.39 is 19.3 Å². The first-order valence-corrected chi connectivity index (χ1v) is 4.56. The van der Waals surface area contributed by atoms with Crippen molar-refractivity contribution in [2.75, 3.05) is 13.6 Å². The minimum Gasteiger partial charge on any atom is -0.496 e. The number of ether oxygens (including phenoxy) is 1. The Morgan fingerprint density at radius 2 is 1.94 bits per heavy atom. The predicted molar refractivity (Wildman–Crippen MR) is 54.4 cm³/mol. The Morgan fingerprint density at radius 3 is 2.47 bits per heavy atom. The average molecular weight is 271 g/mol. The normalized spacial score (nSPS) is 10.4. The molecule has 1 amide bonds. The Bertz CT molecular complexity index is 387. The maximum atomic E-state index is 11.9. The number of hydrogen-bond donors (Lipinski definition) is 1. The summed E-state index contributed by atoms with van der Waals surface area (Å²) in [6, 6.07) is 6.09. The van der Waals surface area contributed by atoms with Gasteiger partial charge in [-0.1, -0.05) is 12.1 Å². The van der Waals surface area contributed by atoms with Crippen LogP contribution in [0.2, 0.25) is 0 Å². The molecule has 0 aromatic heterocycles. The molecule has 17 heavy (non-hydrogen) atoms. The van der Waals surface area contributed by atoms with E-state index in [1.165, 1.54) is 19.2 Å². The maximum Gasteiger partial charge on any atom is 1.00 e. The van der Waals surface area contributed by atoms with Gasteiger partial charge in [0, 0.05) is 0 Å². The van der Waals surface area contributed by atoms with Gasteiger partial charge in [0.1, 0.15) is 5.75 Å². The van der Waals surface area contributed by atoms with Gasteiger partial charge in [0.25, 0.3) is 5.91 Å². The fourth-order valence-corrected chi connectivity index (χ4v) is 1.14. The van der Waals surface area contributed by atoms with E-state index in [1.807, 2.05) is 0 Å². The van der Waals surface area contributed by atoms with Crippen molar-refractivity contribution in [2.24, 2.45) is 0 Å². The van der Waals surface area contributed by atoms with Crippen LogP contribution in [0.5, 0.6) is 5.75 Å². The zero-order valence-electron chi connectivity index (χ0n) is 9.54. The van der Waals surface area contributed by atoms with Crippen LogP contribution < -0.4 is 61.4 Å². The molecule has 1 rings (SSSR count). The largest absolute Gasteiger partial charge is 1.00 e. The van der Waals surface area contributed by atoms with Crippen LogP contribution in [0, 0.1) is 0 Å². The molecule has 0 radical (unpaired) electrons. The van der Waals surface area contributed by atoms with Gasteiger partial charge in [-0.25, -0.2) is 0 Å². The molecule has 0 spiro atoms. The van der Waals surface area contributed by atoms with Crippen LogP contribution in [-0.4, -0.2) is 26.4 Å². The fraction of sp³-hybridized carbons (Fsp3) is 0.222. The number of benzene rings is 1. The first-order valence-electron chi connectivity index (χ1n) is 4.56. The Morgan fingerprint density at radius 1 is 1.35 bits per heavy atom. The van der Waals surface area contributed by atoms with Gasteiger partial charge in [-0.3, -0.25) is 4.79 Å². The number of rotatable bonds is 4. The van der Waals surface area contributed by atoms with E-state index in [0.717, 1.165) is 0 Å². The summed E-state index contributed by atoms with van der Waals surface area (Å²) >= 11 is 0. The molecule has 0 saturated carbocycles. The summed E-state index contributed by atoms with van der Waals surface area (Å²) < 4.78 is 40.7. The van der Waals surface area contributed by atoms with Crippen molar-refractivity contribution in [1.82, 2.24) is 5.32 Å². The van der Waals surface area contributed by atoms with Gasteiger partial charge < -0.3 is 23.0 Å². The number of amides is 1. The Balaban J connectivity index is 0.00000256. The minimum absolute atomic E-state index is 0. The van der Waals surface area contributed by atoms with E-state index in [0.29, 0.717) is 0 Å². The molecule has 88 valence electrons. The van der Waals surface area contributed by atoms with Gasteiger partial charge >= 0.3 is 58.4 Å². The standard InChI is InChI=1S/C9H10BF3NO2.K/c1-16-8-5-3-2-4-7(8)9(15)14-6-10(11,12)13;/h2-5H,6H2,1H3,(H,14,15);/q-1;+1. The van der Waals surface area contributed by atoms with Crippen LogP contribution in [0.3, 0.4) is 0 Å². The van der Waals surface area contributed by atoms with Gasteiger partial charge in [-0.2, -0.15) is 0 Å². The second-order valence-corrected chi connectivity index (χ2v) is 3.12. The van der Waals surface area contributed by atoms with Gasteiger partial charge in [-0.15, -0.1) is 0 Å². The molecular weight excluding hydrogens is 261 g/mol. The second kappa shape index (κ2) is 7.42. The summed E-state index contributed by atoms with van der Waals surface area (Å²) in [5, 5.41) is 1.80. The zero-order chi connectivity index (χ0) is 12.2. The third-order valence-corrected chi connectivity index (χ3v) is 1.85. The first-order chi connectivity index (χ1) is 7.44. The van der Waals surface area contributed by atoms with Crippen molar-refractivity contribution in [1.29, 1.82) is 0 Å². The van der Waals surface area contributed by atoms with E-state index in [2.05, 4.69) is 0 Å². The number of para-hydroxylation sites is 1. The minimum atomic E-state index is -5.02. The molecule has 0 aliphatic heterocycles. The third-order valence-electron chi connectivity index (χ3n) is 1.85. The fourth-order valence-electron chi connectivity index (χ4n) is 1.14. The van der Waals surface area contributed by atoms with Crippen LogP contribution in [0.15, 0.2) is 24.3 Å². The molecule has 0 aliphatic rings. The van der Waals surface area contributed by atoms with E-state index in [4.69, 9.17) is 4.74 Å². The monoisotopic (exact) mass is 271 g/mol. The molecule has 0 saturated heterocycles. The van der Waals surface area contributed by atoms with Gasteiger partial charge in [0.15, 0.2) is 0 Å². The summed E-state index contributed by atoms with van der Waals surface area (Å²) in [6.07, 6.45) is -1.29. The molecule has 8 heteroatoms. The molecular formula is C9H10BF3KNO2. The molecule has 0 bridgehead atoms. The Hall–Kier alpha value is -0.0187. The molecule has 1 aromatic rings. The average Bonchev–Trinajstić information content (AvgIpc) is 2.25. The summed E-state index contributed by atoms with van der Waals surface area (Å²) in [5.41, 5.74) is 0.0880. The Labute approximate surface area is 140 Å². The van der Waals surface area contributed by atoms with E-state index in [-0.39, 0.29) is 62.7 Å². The van der Waals surface area contributed by atoms with Crippen molar-refractivity contribution in [3.8, 4) is 5.75 Å². The molecule has 0 unspecified atom stereocenters.